The van der Waals surface area contributed by atoms with Gasteiger partial charge in [0.05, 0.1) is 23.1 Å². The summed E-state index contributed by atoms with van der Waals surface area (Å²) in [6.45, 7) is 0.743. The second-order valence-corrected chi connectivity index (χ2v) is 7.93. The summed E-state index contributed by atoms with van der Waals surface area (Å²) in [5.41, 5.74) is 1.15. The van der Waals surface area contributed by atoms with Crippen molar-refractivity contribution in [2.75, 3.05) is 18.6 Å². The molecule has 0 unspecified atom stereocenters. The number of rotatable bonds is 4. The number of methoxy groups -OCH3 is 1. The average molecular weight is 348 g/mol. The van der Waals surface area contributed by atoms with Gasteiger partial charge in [-0.1, -0.05) is 6.07 Å². The summed E-state index contributed by atoms with van der Waals surface area (Å²) in [6, 6.07) is 6.25. The van der Waals surface area contributed by atoms with E-state index in [-0.39, 0.29) is 0 Å². The molecule has 1 aromatic rings. The van der Waals surface area contributed by atoms with Gasteiger partial charge in [0.15, 0.2) is 0 Å². The lowest BCUT2D eigenvalue weighted by atomic mass is 10.1. The standard InChI is InChI=1S/C13H18BrNO3S/c1-18-13-3-2-10(8-12(13)14)9-15-11-4-6-19(16,17)7-5-11/h2-3,8,11,15H,4-7,9H2,1H3. The molecular weight excluding hydrogens is 330 g/mol. The molecule has 0 aliphatic carbocycles. The van der Waals surface area contributed by atoms with Crippen LogP contribution in [0.2, 0.25) is 0 Å². The van der Waals surface area contributed by atoms with Gasteiger partial charge in [0.1, 0.15) is 15.6 Å². The van der Waals surface area contributed by atoms with Gasteiger partial charge in [0.2, 0.25) is 0 Å². The molecule has 0 aromatic heterocycles. The van der Waals surface area contributed by atoms with E-state index < -0.39 is 9.84 Å². The van der Waals surface area contributed by atoms with Crippen LogP contribution in [-0.2, 0) is 16.4 Å². The lowest BCUT2D eigenvalue weighted by Crippen LogP contribution is -2.37. The Balaban J connectivity index is 1.88. The minimum absolute atomic E-state index is 0.296. The first-order chi connectivity index (χ1) is 9.00. The highest BCUT2D eigenvalue weighted by atomic mass is 79.9. The van der Waals surface area contributed by atoms with Gasteiger partial charge in [-0.05, 0) is 46.5 Å². The summed E-state index contributed by atoms with van der Waals surface area (Å²) in [4.78, 5) is 0. The molecule has 0 atom stereocenters. The van der Waals surface area contributed by atoms with E-state index in [0.29, 0.717) is 30.4 Å². The van der Waals surface area contributed by atoms with Crippen LogP contribution in [0.15, 0.2) is 22.7 Å². The Morgan fingerprint density at radius 1 is 1.37 bits per heavy atom. The molecule has 0 amide bonds. The Morgan fingerprint density at radius 2 is 2.05 bits per heavy atom. The predicted molar refractivity (Wildman–Crippen MR) is 79.2 cm³/mol. The Hall–Kier alpha value is -0.590. The summed E-state index contributed by atoms with van der Waals surface area (Å²) in [6.07, 6.45) is 1.42. The average Bonchev–Trinajstić information content (AvgIpc) is 2.38. The van der Waals surface area contributed by atoms with Gasteiger partial charge in [0, 0.05) is 12.6 Å². The van der Waals surface area contributed by atoms with Crippen LogP contribution in [-0.4, -0.2) is 33.1 Å². The molecule has 1 aliphatic heterocycles. The second kappa shape index (κ2) is 6.24. The summed E-state index contributed by atoms with van der Waals surface area (Å²) >= 11 is 3.46. The number of sulfone groups is 1. The first kappa shape index (κ1) is 14.8. The Bertz CT molecular complexity index is 531. The van der Waals surface area contributed by atoms with Crippen molar-refractivity contribution in [2.24, 2.45) is 0 Å². The Kier molecular flexibility index (Phi) is 4.86. The molecule has 1 fully saturated rings. The highest BCUT2D eigenvalue weighted by Gasteiger charge is 2.22. The van der Waals surface area contributed by atoms with Crippen molar-refractivity contribution in [2.45, 2.75) is 25.4 Å². The lowest BCUT2D eigenvalue weighted by Gasteiger charge is -2.23. The summed E-state index contributed by atoms with van der Waals surface area (Å²) in [5, 5.41) is 3.41. The monoisotopic (exact) mass is 347 g/mol. The van der Waals surface area contributed by atoms with Crippen LogP contribution in [0, 0.1) is 0 Å². The van der Waals surface area contributed by atoms with Gasteiger partial charge in [-0.2, -0.15) is 0 Å². The zero-order valence-electron chi connectivity index (χ0n) is 10.9. The van der Waals surface area contributed by atoms with E-state index in [9.17, 15) is 8.42 Å². The van der Waals surface area contributed by atoms with Crippen LogP contribution in [0.5, 0.6) is 5.75 Å². The molecule has 19 heavy (non-hydrogen) atoms. The Labute approximate surface area is 122 Å². The van der Waals surface area contributed by atoms with Crippen molar-refractivity contribution < 1.29 is 13.2 Å². The topological polar surface area (TPSA) is 55.4 Å². The number of benzene rings is 1. The fraction of sp³-hybridized carbons (Fsp3) is 0.538. The molecule has 1 heterocycles. The number of hydrogen-bond acceptors (Lipinski definition) is 4. The van der Waals surface area contributed by atoms with Gasteiger partial charge < -0.3 is 10.1 Å². The first-order valence-electron chi connectivity index (χ1n) is 6.26. The van der Waals surface area contributed by atoms with Crippen LogP contribution in [0.4, 0.5) is 0 Å². The van der Waals surface area contributed by atoms with Gasteiger partial charge in [-0.25, -0.2) is 8.42 Å². The molecule has 106 valence electrons. The third-order valence-corrected chi connectivity index (χ3v) is 5.70. The molecule has 1 aromatic carbocycles. The molecular formula is C13H18BrNO3S. The summed E-state index contributed by atoms with van der Waals surface area (Å²) in [7, 11) is -1.14. The number of ether oxygens (including phenoxy) is 1. The molecule has 1 N–H and O–H groups in total. The molecule has 2 rings (SSSR count). The van der Waals surface area contributed by atoms with Gasteiger partial charge in [0.25, 0.3) is 0 Å². The summed E-state index contributed by atoms with van der Waals surface area (Å²) < 4.78 is 28.8. The minimum atomic E-state index is -2.78. The zero-order valence-corrected chi connectivity index (χ0v) is 13.3. The molecule has 1 saturated heterocycles. The van der Waals surface area contributed by atoms with Crippen LogP contribution in [0.3, 0.4) is 0 Å². The minimum Gasteiger partial charge on any atom is -0.496 e. The van der Waals surface area contributed by atoms with Crippen LogP contribution in [0.1, 0.15) is 18.4 Å². The third-order valence-electron chi connectivity index (χ3n) is 3.37. The van der Waals surface area contributed by atoms with Crippen LogP contribution >= 0.6 is 15.9 Å². The first-order valence-corrected chi connectivity index (χ1v) is 8.88. The highest BCUT2D eigenvalue weighted by molar-refractivity contribution is 9.10. The highest BCUT2D eigenvalue weighted by Crippen LogP contribution is 2.25. The second-order valence-electron chi connectivity index (χ2n) is 4.78. The molecule has 4 nitrogen and oxygen atoms in total. The van der Waals surface area contributed by atoms with Crippen molar-refractivity contribution >= 4 is 25.8 Å². The van der Waals surface area contributed by atoms with E-state index in [4.69, 9.17) is 4.74 Å². The van der Waals surface area contributed by atoms with E-state index >= 15 is 0 Å². The molecule has 0 saturated carbocycles. The van der Waals surface area contributed by atoms with Crippen LogP contribution < -0.4 is 10.1 Å². The maximum Gasteiger partial charge on any atom is 0.150 e. The fourth-order valence-corrected chi connectivity index (χ4v) is 4.26. The van der Waals surface area contributed by atoms with Crippen molar-refractivity contribution in [3.05, 3.63) is 28.2 Å². The molecule has 6 heteroatoms. The van der Waals surface area contributed by atoms with Crippen molar-refractivity contribution in [1.29, 1.82) is 0 Å². The number of nitrogens with one attached hydrogen (secondary N) is 1. The van der Waals surface area contributed by atoms with Gasteiger partial charge in [-0.3, -0.25) is 0 Å². The number of halogens is 1. The molecule has 1 aliphatic rings. The largest absolute Gasteiger partial charge is 0.496 e. The van der Waals surface area contributed by atoms with Crippen molar-refractivity contribution in [3.63, 3.8) is 0 Å². The van der Waals surface area contributed by atoms with E-state index in [1.54, 1.807) is 7.11 Å². The van der Waals surface area contributed by atoms with E-state index in [2.05, 4.69) is 21.2 Å². The smallest absolute Gasteiger partial charge is 0.150 e. The van der Waals surface area contributed by atoms with Gasteiger partial charge >= 0.3 is 0 Å². The third kappa shape index (κ3) is 4.19. The van der Waals surface area contributed by atoms with Gasteiger partial charge in [-0.15, -0.1) is 0 Å². The normalized spacial score (nSPS) is 19.3. The fourth-order valence-electron chi connectivity index (χ4n) is 2.18. The van der Waals surface area contributed by atoms with E-state index in [1.165, 1.54) is 0 Å². The molecule has 0 bridgehead atoms. The Morgan fingerprint density at radius 3 is 2.63 bits per heavy atom. The maximum atomic E-state index is 11.3. The van der Waals surface area contributed by atoms with Crippen LogP contribution in [0.25, 0.3) is 0 Å². The van der Waals surface area contributed by atoms with E-state index in [1.807, 2.05) is 18.2 Å². The SMILES string of the molecule is COc1ccc(CNC2CCS(=O)(=O)CC2)cc1Br. The predicted octanol–water partition coefficient (Wildman–Crippen LogP) is 2.12. The zero-order chi connectivity index (χ0) is 13.9. The van der Waals surface area contributed by atoms with E-state index in [0.717, 1.165) is 22.3 Å². The quantitative estimate of drug-likeness (QED) is 0.906. The lowest BCUT2D eigenvalue weighted by molar-refractivity contribution is 0.411. The summed E-state index contributed by atoms with van der Waals surface area (Å²) in [5.74, 6) is 1.42. The molecule has 0 spiro atoms. The van der Waals surface area contributed by atoms with Crippen molar-refractivity contribution in [1.82, 2.24) is 5.32 Å². The van der Waals surface area contributed by atoms with Crippen molar-refractivity contribution in [3.8, 4) is 5.75 Å². The maximum absolute atomic E-state index is 11.3. The number of hydrogen-bond donors (Lipinski definition) is 1. The molecule has 0 radical (unpaired) electrons.